The number of nitrogens with one attached hydrogen (secondary N) is 1. The first-order valence-electron chi connectivity index (χ1n) is 8.85. The largest absolute Gasteiger partial charge is 0.381 e. The molecule has 7 nitrogen and oxygen atoms in total. The molecule has 0 bridgehead atoms. The minimum absolute atomic E-state index is 0.0593. The van der Waals surface area contributed by atoms with Gasteiger partial charge in [-0.3, -0.25) is 4.79 Å². The SMILES string of the molecule is CS(=O)(=O)NC1CCOC2(CCN(C(=O)C3[C@H]4COC[C@@H]34)CC2)C1. The van der Waals surface area contributed by atoms with Crippen LogP contribution in [-0.2, 0) is 24.3 Å². The van der Waals surface area contributed by atoms with Gasteiger partial charge in [-0.25, -0.2) is 13.1 Å². The van der Waals surface area contributed by atoms with Crippen LogP contribution in [0.4, 0.5) is 0 Å². The van der Waals surface area contributed by atoms with Gasteiger partial charge in [-0.1, -0.05) is 0 Å². The van der Waals surface area contributed by atoms with Crippen molar-refractivity contribution < 1.29 is 22.7 Å². The van der Waals surface area contributed by atoms with Gasteiger partial charge in [0.25, 0.3) is 0 Å². The van der Waals surface area contributed by atoms with E-state index in [4.69, 9.17) is 9.47 Å². The van der Waals surface area contributed by atoms with Crippen LogP contribution in [-0.4, -0.2) is 70.0 Å². The van der Waals surface area contributed by atoms with Gasteiger partial charge in [0.1, 0.15) is 0 Å². The lowest BCUT2D eigenvalue weighted by molar-refractivity contribution is -0.146. The lowest BCUT2D eigenvalue weighted by atomic mass is 9.82. The Kier molecular flexibility index (Phi) is 4.14. The first kappa shape index (κ1) is 16.8. The van der Waals surface area contributed by atoms with Crippen LogP contribution >= 0.6 is 0 Å². The molecule has 1 spiro atoms. The summed E-state index contributed by atoms with van der Waals surface area (Å²) in [4.78, 5) is 14.6. The summed E-state index contributed by atoms with van der Waals surface area (Å²) in [5, 5.41) is 0. The number of hydrogen-bond donors (Lipinski definition) is 1. The third-order valence-electron chi connectivity index (χ3n) is 6.10. The summed E-state index contributed by atoms with van der Waals surface area (Å²) in [5.74, 6) is 1.36. The van der Waals surface area contributed by atoms with Gasteiger partial charge in [-0.15, -0.1) is 0 Å². The van der Waals surface area contributed by atoms with Gasteiger partial charge < -0.3 is 14.4 Å². The highest BCUT2D eigenvalue weighted by atomic mass is 32.2. The maximum atomic E-state index is 12.6. The van der Waals surface area contributed by atoms with Crippen LogP contribution in [0.3, 0.4) is 0 Å². The Morgan fingerprint density at radius 1 is 1.21 bits per heavy atom. The summed E-state index contributed by atoms with van der Waals surface area (Å²) in [5.41, 5.74) is -0.278. The summed E-state index contributed by atoms with van der Waals surface area (Å²) in [6.07, 6.45) is 4.19. The fourth-order valence-corrected chi connectivity index (χ4v) is 5.54. The van der Waals surface area contributed by atoms with Gasteiger partial charge in [0, 0.05) is 31.7 Å². The molecule has 3 aliphatic heterocycles. The van der Waals surface area contributed by atoms with E-state index in [1.807, 2.05) is 4.90 Å². The number of rotatable bonds is 3. The number of hydrogen-bond acceptors (Lipinski definition) is 5. The van der Waals surface area contributed by atoms with Crippen molar-refractivity contribution in [3.63, 3.8) is 0 Å². The summed E-state index contributed by atoms with van der Waals surface area (Å²) in [6.45, 7) is 3.47. The predicted molar refractivity (Wildman–Crippen MR) is 86.8 cm³/mol. The standard InChI is InChI=1S/C16H26N2O5S/c1-24(20,21)17-11-2-7-23-16(8-11)3-5-18(6-4-16)15(19)14-12-9-22-10-13(12)14/h11-14,17H,2-10H2,1H3/t11?,12-,13+,14?. The first-order chi connectivity index (χ1) is 11.4. The van der Waals surface area contributed by atoms with Gasteiger partial charge in [0.05, 0.1) is 25.1 Å². The molecule has 4 aliphatic rings. The van der Waals surface area contributed by atoms with Gasteiger partial charge in [0.2, 0.25) is 15.9 Å². The molecular formula is C16H26N2O5S. The second-order valence-electron chi connectivity index (χ2n) is 7.83. The highest BCUT2D eigenvalue weighted by molar-refractivity contribution is 7.88. The predicted octanol–water partition coefficient (Wildman–Crippen LogP) is -0.0318. The van der Waals surface area contributed by atoms with E-state index < -0.39 is 10.0 Å². The number of piperidine rings is 1. The van der Waals surface area contributed by atoms with E-state index in [1.165, 1.54) is 6.26 Å². The smallest absolute Gasteiger partial charge is 0.226 e. The van der Waals surface area contributed by atoms with E-state index in [0.717, 1.165) is 26.1 Å². The molecule has 1 N–H and O–H groups in total. The van der Waals surface area contributed by atoms with E-state index in [-0.39, 0.29) is 23.5 Å². The van der Waals surface area contributed by atoms with Crippen molar-refractivity contribution in [2.45, 2.75) is 37.3 Å². The van der Waals surface area contributed by atoms with Gasteiger partial charge in [-0.2, -0.15) is 0 Å². The second kappa shape index (κ2) is 5.93. The quantitative estimate of drug-likeness (QED) is 0.766. The Hall–Kier alpha value is -0.700. The molecule has 1 aliphatic carbocycles. The minimum Gasteiger partial charge on any atom is -0.381 e. The number of likely N-dealkylation sites (tertiary alicyclic amines) is 1. The Balaban J connectivity index is 1.32. The normalized spacial score (nSPS) is 38.1. The third-order valence-corrected chi connectivity index (χ3v) is 6.86. The Morgan fingerprint density at radius 3 is 2.50 bits per heavy atom. The molecule has 1 amide bonds. The van der Waals surface area contributed by atoms with Crippen molar-refractivity contribution in [3.8, 4) is 0 Å². The molecule has 0 aromatic rings. The zero-order chi connectivity index (χ0) is 16.9. The molecule has 4 atom stereocenters. The lowest BCUT2D eigenvalue weighted by Crippen LogP contribution is -2.54. The molecule has 8 heteroatoms. The van der Waals surface area contributed by atoms with Crippen LogP contribution in [0.2, 0.25) is 0 Å². The van der Waals surface area contributed by atoms with Crippen molar-refractivity contribution >= 4 is 15.9 Å². The Bertz CT molecular complexity index is 604. The maximum Gasteiger partial charge on any atom is 0.226 e. The topological polar surface area (TPSA) is 84.9 Å². The molecule has 0 radical (unpaired) electrons. The number of carbonyl (C=O) groups excluding carboxylic acids is 1. The zero-order valence-electron chi connectivity index (χ0n) is 14.1. The zero-order valence-corrected chi connectivity index (χ0v) is 14.9. The van der Waals surface area contributed by atoms with E-state index in [9.17, 15) is 13.2 Å². The molecule has 0 aromatic heterocycles. The molecule has 2 unspecified atom stereocenters. The average molecular weight is 358 g/mol. The Labute approximate surface area is 143 Å². The first-order valence-corrected chi connectivity index (χ1v) is 10.7. The van der Waals surface area contributed by atoms with Crippen LogP contribution < -0.4 is 4.72 Å². The van der Waals surface area contributed by atoms with Gasteiger partial charge in [0.15, 0.2) is 0 Å². The van der Waals surface area contributed by atoms with E-state index >= 15 is 0 Å². The van der Waals surface area contributed by atoms with Gasteiger partial charge in [-0.05, 0) is 37.5 Å². The summed E-state index contributed by atoms with van der Waals surface area (Å²) >= 11 is 0. The number of amides is 1. The van der Waals surface area contributed by atoms with Crippen LogP contribution in [0.25, 0.3) is 0 Å². The molecule has 1 saturated carbocycles. The van der Waals surface area contributed by atoms with Gasteiger partial charge >= 0.3 is 0 Å². The number of fused-ring (bicyclic) bond motifs is 1. The fourth-order valence-electron chi connectivity index (χ4n) is 4.73. The number of carbonyl (C=O) groups is 1. The lowest BCUT2D eigenvalue weighted by Gasteiger charge is -2.46. The van der Waals surface area contributed by atoms with E-state index in [2.05, 4.69) is 4.72 Å². The fraction of sp³-hybridized carbons (Fsp3) is 0.938. The average Bonchev–Trinajstić information content (AvgIpc) is 2.98. The Morgan fingerprint density at radius 2 is 1.88 bits per heavy atom. The molecular weight excluding hydrogens is 332 g/mol. The van der Waals surface area contributed by atoms with E-state index in [1.54, 1.807) is 0 Å². The number of ether oxygens (including phenoxy) is 2. The molecule has 3 heterocycles. The van der Waals surface area contributed by atoms with E-state index in [0.29, 0.717) is 44.4 Å². The maximum absolute atomic E-state index is 12.6. The summed E-state index contributed by atoms with van der Waals surface area (Å²) < 4.78 is 37.1. The van der Waals surface area contributed by atoms with Crippen molar-refractivity contribution in [2.24, 2.45) is 17.8 Å². The van der Waals surface area contributed by atoms with Crippen molar-refractivity contribution in [1.29, 1.82) is 0 Å². The number of sulfonamides is 1. The van der Waals surface area contributed by atoms with Crippen molar-refractivity contribution in [3.05, 3.63) is 0 Å². The summed E-state index contributed by atoms with van der Waals surface area (Å²) in [6, 6.07) is -0.0593. The van der Waals surface area contributed by atoms with Crippen LogP contribution in [0.1, 0.15) is 25.7 Å². The van der Waals surface area contributed by atoms with Crippen molar-refractivity contribution in [2.75, 3.05) is 39.2 Å². The minimum atomic E-state index is -3.20. The molecule has 3 saturated heterocycles. The van der Waals surface area contributed by atoms with Crippen molar-refractivity contribution in [1.82, 2.24) is 9.62 Å². The van der Waals surface area contributed by atoms with Crippen LogP contribution in [0.5, 0.6) is 0 Å². The summed E-state index contributed by atoms with van der Waals surface area (Å²) in [7, 11) is -3.20. The van der Waals surface area contributed by atoms with Crippen LogP contribution in [0.15, 0.2) is 0 Å². The molecule has 0 aromatic carbocycles. The molecule has 4 rings (SSSR count). The second-order valence-corrected chi connectivity index (χ2v) is 9.61. The molecule has 136 valence electrons. The number of nitrogens with zero attached hydrogens (tertiary/aromatic N) is 1. The van der Waals surface area contributed by atoms with Crippen LogP contribution in [0, 0.1) is 17.8 Å². The highest BCUT2D eigenvalue weighted by Crippen LogP contribution is 2.52. The highest BCUT2D eigenvalue weighted by Gasteiger charge is 2.59. The molecule has 4 fully saturated rings. The third kappa shape index (κ3) is 3.21. The monoisotopic (exact) mass is 358 g/mol. The molecule has 24 heavy (non-hydrogen) atoms.